The van der Waals surface area contributed by atoms with E-state index < -0.39 is 6.10 Å². The maximum absolute atomic E-state index is 12.9. The minimum atomic E-state index is -0.774. The highest BCUT2D eigenvalue weighted by Gasteiger charge is 2.19. The fourth-order valence-electron chi connectivity index (χ4n) is 9.61. The summed E-state index contributed by atoms with van der Waals surface area (Å²) in [6.45, 7) is 6.68. The Labute approximate surface area is 443 Å². The molecule has 0 aliphatic rings. The van der Waals surface area contributed by atoms with E-state index in [2.05, 4.69) is 45.1 Å². The van der Waals surface area contributed by atoms with Gasteiger partial charge in [0.05, 0.1) is 0 Å². The Morgan fingerprint density at radius 2 is 0.465 bits per heavy atom. The molecule has 0 N–H and O–H groups in total. The van der Waals surface area contributed by atoms with Gasteiger partial charge in [-0.05, 0) is 70.6 Å². The first-order valence-corrected chi connectivity index (χ1v) is 31.8. The van der Waals surface area contributed by atoms with Crippen LogP contribution in [0.25, 0.3) is 0 Å². The number of hydrogen-bond donors (Lipinski definition) is 0. The van der Waals surface area contributed by atoms with Gasteiger partial charge in [0.25, 0.3) is 0 Å². The maximum Gasteiger partial charge on any atom is 0.306 e. The third-order valence-electron chi connectivity index (χ3n) is 14.4. The van der Waals surface area contributed by atoms with Crippen molar-refractivity contribution in [2.45, 2.75) is 361 Å². The van der Waals surface area contributed by atoms with E-state index in [1.165, 1.54) is 250 Å². The van der Waals surface area contributed by atoms with Gasteiger partial charge in [-0.25, -0.2) is 0 Å². The minimum Gasteiger partial charge on any atom is -0.462 e. The van der Waals surface area contributed by atoms with Crippen LogP contribution in [0.3, 0.4) is 0 Å². The van der Waals surface area contributed by atoms with Gasteiger partial charge < -0.3 is 14.2 Å². The summed E-state index contributed by atoms with van der Waals surface area (Å²) < 4.78 is 16.9. The molecule has 6 nitrogen and oxygen atoms in total. The van der Waals surface area contributed by atoms with Crippen LogP contribution in [-0.4, -0.2) is 37.2 Å². The van der Waals surface area contributed by atoms with Crippen LogP contribution in [0.4, 0.5) is 0 Å². The number of hydrogen-bond acceptors (Lipinski definition) is 6. The second kappa shape index (κ2) is 60.4. The molecule has 0 saturated carbocycles. The lowest BCUT2D eigenvalue weighted by molar-refractivity contribution is -0.167. The molecule has 1 atom stereocenters. The van der Waals surface area contributed by atoms with E-state index in [9.17, 15) is 14.4 Å². The summed E-state index contributed by atoms with van der Waals surface area (Å²) in [5.41, 5.74) is 0. The van der Waals surface area contributed by atoms with Crippen molar-refractivity contribution in [3.8, 4) is 0 Å². The predicted octanol–water partition coefficient (Wildman–Crippen LogP) is 21.4. The number of unbranched alkanes of at least 4 members (excludes halogenated alkanes) is 44. The highest BCUT2D eigenvalue weighted by atomic mass is 16.6. The van der Waals surface area contributed by atoms with Crippen LogP contribution in [0, 0.1) is 0 Å². The first-order valence-electron chi connectivity index (χ1n) is 31.8. The standard InChI is InChI=1S/C65H122O6/c1-4-7-10-13-16-19-22-25-28-30-32-33-34-36-37-40-43-46-49-52-55-58-64(67)70-61-62(60-69-63(66)57-54-51-48-45-42-39-27-24-21-18-15-12-9-6-3)71-65(68)59-56-53-50-47-44-41-38-35-31-29-26-23-20-17-14-11-8-5-2/h24,27,29,31,62H,4-23,25-26,28,30,32-61H2,1-3H3/b27-24-,31-29-. The zero-order valence-electron chi connectivity index (χ0n) is 48.0. The second-order valence-corrected chi connectivity index (χ2v) is 21.7. The number of esters is 3. The third-order valence-corrected chi connectivity index (χ3v) is 14.4. The Bertz CT molecular complexity index is 1150. The number of ether oxygens (including phenoxy) is 3. The van der Waals surface area contributed by atoms with Crippen LogP contribution in [-0.2, 0) is 28.6 Å². The molecular weight excluding hydrogens is 877 g/mol. The van der Waals surface area contributed by atoms with Gasteiger partial charge in [0.15, 0.2) is 6.10 Å². The SMILES string of the molecule is CCCCCCC/C=C\CCCCCCCC(=O)OCC(COC(=O)CCCCCCCCCCCCCCCCCCCCCCC)OC(=O)CCCCCCCCC/C=C\CCCCCCCCC. The van der Waals surface area contributed by atoms with Crippen molar-refractivity contribution in [3.63, 3.8) is 0 Å². The van der Waals surface area contributed by atoms with Gasteiger partial charge in [-0.3, -0.25) is 14.4 Å². The van der Waals surface area contributed by atoms with E-state index >= 15 is 0 Å². The van der Waals surface area contributed by atoms with E-state index in [-0.39, 0.29) is 31.1 Å². The van der Waals surface area contributed by atoms with Gasteiger partial charge in [-0.15, -0.1) is 0 Å². The molecule has 0 aromatic carbocycles. The summed E-state index contributed by atoms with van der Waals surface area (Å²) in [6.07, 6.45) is 71.8. The smallest absolute Gasteiger partial charge is 0.306 e. The number of rotatable bonds is 59. The zero-order valence-corrected chi connectivity index (χ0v) is 48.0. The first kappa shape index (κ1) is 68.9. The maximum atomic E-state index is 12.9. The van der Waals surface area contributed by atoms with Crippen molar-refractivity contribution in [1.82, 2.24) is 0 Å². The Balaban J connectivity index is 4.30. The van der Waals surface area contributed by atoms with Gasteiger partial charge in [0.1, 0.15) is 13.2 Å². The summed E-state index contributed by atoms with van der Waals surface area (Å²) >= 11 is 0. The molecule has 1 unspecified atom stereocenters. The lowest BCUT2D eigenvalue weighted by Gasteiger charge is -2.18. The summed E-state index contributed by atoms with van der Waals surface area (Å²) in [7, 11) is 0. The van der Waals surface area contributed by atoms with Crippen molar-refractivity contribution in [2.24, 2.45) is 0 Å². The second-order valence-electron chi connectivity index (χ2n) is 21.7. The van der Waals surface area contributed by atoms with Crippen LogP contribution in [0.2, 0.25) is 0 Å². The summed E-state index contributed by atoms with van der Waals surface area (Å²) in [4.78, 5) is 38.3. The van der Waals surface area contributed by atoms with Crippen LogP contribution in [0.15, 0.2) is 24.3 Å². The molecule has 0 heterocycles. The van der Waals surface area contributed by atoms with Crippen molar-refractivity contribution < 1.29 is 28.6 Å². The molecule has 71 heavy (non-hydrogen) atoms. The summed E-state index contributed by atoms with van der Waals surface area (Å²) in [5.74, 6) is -0.859. The van der Waals surface area contributed by atoms with Gasteiger partial charge >= 0.3 is 17.9 Å². The Hall–Kier alpha value is -2.11. The van der Waals surface area contributed by atoms with Crippen LogP contribution >= 0.6 is 0 Å². The minimum absolute atomic E-state index is 0.0707. The van der Waals surface area contributed by atoms with E-state index in [1.807, 2.05) is 0 Å². The molecule has 0 fully saturated rings. The molecule has 6 heteroatoms. The van der Waals surface area contributed by atoms with E-state index in [4.69, 9.17) is 14.2 Å². The molecule has 0 spiro atoms. The van der Waals surface area contributed by atoms with Crippen LogP contribution < -0.4 is 0 Å². The van der Waals surface area contributed by atoms with E-state index in [0.29, 0.717) is 19.3 Å². The van der Waals surface area contributed by atoms with Gasteiger partial charge in [0, 0.05) is 19.3 Å². The molecule has 0 amide bonds. The molecule has 0 bridgehead atoms. The quantitative estimate of drug-likeness (QED) is 0.0261. The fraction of sp³-hybridized carbons (Fsp3) is 0.892. The van der Waals surface area contributed by atoms with E-state index in [0.717, 1.165) is 64.2 Å². The topological polar surface area (TPSA) is 78.9 Å². The lowest BCUT2D eigenvalue weighted by Crippen LogP contribution is -2.30. The Morgan fingerprint density at radius 1 is 0.268 bits per heavy atom. The Kier molecular flexibility index (Phi) is 58.6. The molecular formula is C65H122O6. The lowest BCUT2D eigenvalue weighted by atomic mass is 10.0. The highest BCUT2D eigenvalue weighted by Crippen LogP contribution is 2.17. The molecule has 0 aromatic rings. The zero-order chi connectivity index (χ0) is 51.4. The molecule has 0 aliphatic heterocycles. The average molecular weight is 1000 g/mol. The monoisotopic (exact) mass is 999 g/mol. The summed E-state index contributed by atoms with van der Waals surface area (Å²) in [5, 5.41) is 0. The largest absolute Gasteiger partial charge is 0.462 e. The molecule has 0 rings (SSSR count). The van der Waals surface area contributed by atoms with Gasteiger partial charge in [0.2, 0.25) is 0 Å². The van der Waals surface area contributed by atoms with Gasteiger partial charge in [-0.1, -0.05) is 289 Å². The molecule has 0 saturated heterocycles. The average Bonchev–Trinajstić information content (AvgIpc) is 3.37. The van der Waals surface area contributed by atoms with E-state index in [1.54, 1.807) is 0 Å². The number of allylic oxidation sites excluding steroid dienone is 4. The van der Waals surface area contributed by atoms with Crippen molar-refractivity contribution in [3.05, 3.63) is 24.3 Å². The van der Waals surface area contributed by atoms with Crippen molar-refractivity contribution >= 4 is 17.9 Å². The fourth-order valence-corrected chi connectivity index (χ4v) is 9.61. The molecule has 0 radical (unpaired) electrons. The highest BCUT2D eigenvalue weighted by molar-refractivity contribution is 5.71. The number of carbonyl (C=O) groups excluding carboxylic acids is 3. The van der Waals surface area contributed by atoms with Gasteiger partial charge in [-0.2, -0.15) is 0 Å². The van der Waals surface area contributed by atoms with Crippen LogP contribution in [0.5, 0.6) is 0 Å². The first-order chi connectivity index (χ1) is 35.0. The normalized spacial score (nSPS) is 12.1. The number of carbonyl (C=O) groups is 3. The predicted molar refractivity (Wildman–Crippen MR) is 307 cm³/mol. The van der Waals surface area contributed by atoms with Crippen LogP contribution in [0.1, 0.15) is 355 Å². The van der Waals surface area contributed by atoms with Crippen molar-refractivity contribution in [2.75, 3.05) is 13.2 Å². The molecule has 0 aliphatic carbocycles. The Morgan fingerprint density at radius 3 is 0.704 bits per heavy atom. The molecule has 0 aromatic heterocycles. The van der Waals surface area contributed by atoms with Crippen molar-refractivity contribution in [1.29, 1.82) is 0 Å². The third kappa shape index (κ3) is 58.7. The summed E-state index contributed by atoms with van der Waals surface area (Å²) in [6, 6.07) is 0. The molecule has 418 valence electrons.